The van der Waals surface area contributed by atoms with E-state index in [4.69, 9.17) is 4.74 Å². The molecule has 9 nitrogen and oxygen atoms in total. The smallest absolute Gasteiger partial charge is 0.363 e. The van der Waals surface area contributed by atoms with Crippen molar-refractivity contribution >= 4 is 34.0 Å². The van der Waals surface area contributed by atoms with Crippen LogP contribution in [0, 0.1) is 0 Å². The van der Waals surface area contributed by atoms with Gasteiger partial charge in [0, 0.05) is 23.8 Å². The summed E-state index contributed by atoms with van der Waals surface area (Å²) in [6, 6.07) is 11.5. The zero-order valence-corrected chi connectivity index (χ0v) is 22.1. The molecule has 1 aliphatic heterocycles. The fourth-order valence-electron chi connectivity index (χ4n) is 5.25. The number of hydrogen-bond acceptors (Lipinski definition) is 6. The van der Waals surface area contributed by atoms with Crippen molar-refractivity contribution in [2.24, 2.45) is 4.36 Å². The number of imide groups is 1. The second-order valence-electron chi connectivity index (χ2n) is 9.97. The topological polar surface area (TPSA) is 113 Å². The highest BCUT2D eigenvalue weighted by Gasteiger charge is 2.44. The molecule has 0 radical (unpaired) electrons. The van der Waals surface area contributed by atoms with E-state index in [1.165, 1.54) is 16.9 Å². The molecule has 1 heterocycles. The van der Waals surface area contributed by atoms with Crippen LogP contribution in [0.5, 0.6) is 5.75 Å². The second kappa shape index (κ2) is 10.8. The lowest BCUT2D eigenvalue weighted by Gasteiger charge is -2.37. The summed E-state index contributed by atoms with van der Waals surface area (Å²) in [4.78, 5) is 41.9. The molecule has 2 aromatic rings. The number of ether oxygens (including phenoxy) is 1. The van der Waals surface area contributed by atoms with Crippen molar-refractivity contribution in [3.63, 3.8) is 0 Å². The van der Waals surface area contributed by atoms with Gasteiger partial charge in [-0.05, 0) is 68.5 Å². The van der Waals surface area contributed by atoms with E-state index in [1.807, 2.05) is 26.0 Å². The number of amides is 4. The summed E-state index contributed by atoms with van der Waals surface area (Å²) in [7, 11) is -1.30. The molecule has 0 unspecified atom stereocenters. The lowest BCUT2D eigenvalue weighted by atomic mass is 9.77. The largest absolute Gasteiger partial charge is 0.497 e. The van der Waals surface area contributed by atoms with Gasteiger partial charge >= 0.3 is 16.5 Å². The fourth-order valence-corrected chi connectivity index (χ4v) is 5.47. The van der Waals surface area contributed by atoms with Crippen molar-refractivity contribution in [3.8, 4) is 5.75 Å². The highest BCUT2D eigenvalue weighted by atomic mass is 32.2. The fraction of sp³-hybridized carbons (Fsp3) is 0.444. The Bertz CT molecular complexity index is 1340. The second-order valence-corrected chi connectivity index (χ2v) is 10.6. The van der Waals surface area contributed by atoms with Crippen molar-refractivity contribution in [1.29, 1.82) is 0 Å². The minimum Gasteiger partial charge on any atom is -0.497 e. The highest BCUT2D eigenvalue weighted by Crippen LogP contribution is 2.36. The summed E-state index contributed by atoms with van der Waals surface area (Å²) < 4.78 is 30.6. The van der Waals surface area contributed by atoms with E-state index >= 15 is 0 Å². The molecule has 0 N–H and O–H groups in total. The average molecular weight is 526 g/mol. The molecule has 0 atom stereocenters. The van der Waals surface area contributed by atoms with Gasteiger partial charge in [-0.15, -0.1) is 0 Å². The molecular weight excluding hydrogens is 494 g/mol. The Morgan fingerprint density at radius 3 is 2.38 bits per heavy atom. The monoisotopic (exact) mass is 525 g/mol. The number of fused-ring (bicyclic) bond motifs is 1. The van der Waals surface area contributed by atoms with E-state index in [0.717, 1.165) is 37.7 Å². The number of rotatable bonds is 6. The first-order valence-corrected chi connectivity index (χ1v) is 13.4. The molecule has 0 saturated heterocycles. The maximum absolute atomic E-state index is 13.2. The van der Waals surface area contributed by atoms with Crippen LogP contribution < -0.4 is 9.64 Å². The Balaban J connectivity index is 1.53. The first kappa shape index (κ1) is 26.5. The molecule has 1 saturated carbocycles. The molecule has 2 aromatic carbocycles. The Morgan fingerprint density at radius 1 is 1.08 bits per heavy atom. The summed E-state index contributed by atoms with van der Waals surface area (Å²) >= 11 is 0. The molecule has 196 valence electrons. The Morgan fingerprint density at radius 2 is 1.76 bits per heavy atom. The van der Waals surface area contributed by atoms with Gasteiger partial charge in [-0.1, -0.05) is 41.8 Å². The molecule has 0 aromatic heterocycles. The van der Waals surface area contributed by atoms with Crippen LogP contribution >= 0.6 is 0 Å². The lowest BCUT2D eigenvalue weighted by Crippen LogP contribution is -2.52. The van der Waals surface area contributed by atoms with Crippen LogP contribution in [0.25, 0.3) is 0 Å². The number of urea groups is 1. The molecule has 1 aliphatic carbocycles. The number of carbonyl (C=O) groups is 3. The predicted molar refractivity (Wildman–Crippen MR) is 138 cm³/mol. The molecule has 4 rings (SSSR count). The van der Waals surface area contributed by atoms with Gasteiger partial charge in [-0.2, -0.15) is 8.42 Å². The van der Waals surface area contributed by atoms with E-state index in [2.05, 4.69) is 4.36 Å². The number of benzene rings is 2. The third kappa shape index (κ3) is 5.44. The number of nitrogens with zero attached hydrogens (tertiary/aromatic N) is 3. The summed E-state index contributed by atoms with van der Waals surface area (Å²) in [6.07, 6.45) is 5.03. The first-order valence-electron chi connectivity index (χ1n) is 12.4. The van der Waals surface area contributed by atoms with Crippen LogP contribution in [0.2, 0.25) is 0 Å². The minimum atomic E-state index is -2.83. The van der Waals surface area contributed by atoms with Crippen LogP contribution in [-0.2, 0) is 27.1 Å². The molecule has 37 heavy (non-hydrogen) atoms. The molecule has 2 aliphatic rings. The molecular formula is C27H31N3O6S. The third-order valence-electron chi connectivity index (χ3n) is 7.29. The average Bonchev–Trinajstić information content (AvgIpc) is 2.88. The van der Waals surface area contributed by atoms with Gasteiger partial charge in [-0.3, -0.25) is 19.4 Å². The lowest BCUT2D eigenvalue weighted by molar-refractivity contribution is -0.134. The van der Waals surface area contributed by atoms with Crippen molar-refractivity contribution in [2.75, 3.05) is 18.6 Å². The van der Waals surface area contributed by atoms with Gasteiger partial charge in [0.05, 0.1) is 12.5 Å². The van der Waals surface area contributed by atoms with Crippen LogP contribution in [0.4, 0.5) is 10.5 Å². The molecule has 1 fully saturated rings. The highest BCUT2D eigenvalue weighted by molar-refractivity contribution is 7.62. The van der Waals surface area contributed by atoms with Gasteiger partial charge in [0.2, 0.25) is 5.91 Å². The normalized spacial score (nSPS) is 17.2. The number of anilines is 1. The Hall–Kier alpha value is -3.53. The number of carbonyl (C=O) groups excluding carboxylic acids is 3. The van der Waals surface area contributed by atoms with Gasteiger partial charge < -0.3 is 4.74 Å². The van der Waals surface area contributed by atoms with E-state index < -0.39 is 21.9 Å². The van der Waals surface area contributed by atoms with E-state index in [-0.39, 0.29) is 24.4 Å². The van der Waals surface area contributed by atoms with Gasteiger partial charge in [-0.25, -0.2) is 4.79 Å². The van der Waals surface area contributed by atoms with Crippen molar-refractivity contribution in [3.05, 3.63) is 59.2 Å². The zero-order valence-electron chi connectivity index (χ0n) is 21.3. The summed E-state index contributed by atoms with van der Waals surface area (Å²) in [5, 5.41) is 0. The SMILES string of the molecule is COc1ccc2c(c1)C(=O)N(CCc1ccc(N(C(=O)N=S(=O)=O)C3CCCCC3)cc1)C(=O)C2(C)C. The molecule has 4 amide bonds. The van der Waals surface area contributed by atoms with Crippen molar-refractivity contribution in [1.82, 2.24) is 4.90 Å². The van der Waals surface area contributed by atoms with Crippen LogP contribution in [0.3, 0.4) is 0 Å². The molecule has 0 bridgehead atoms. The number of methoxy groups -OCH3 is 1. The quantitative estimate of drug-likeness (QED) is 0.513. The van der Waals surface area contributed by atoms with Crippen molar-refractivity contribution < 1.29 is 27.5 Å². The summed E-state index contributed by atoms with van der Waals surface area (Å²) in [5.41, 5.74) is 1.73. The van der Waals surface area contributed by atoms with Gasteiger partial charge in [0.15, 0.2) is 0 Å². The number of hydrogen-bond donors (Lipinski definition) is 0. The standard InChI is InChI=1S/C27H31N3O6S/c1-27(2)23-14-13-21(36-3)17-22(23)24(31)29(25(27)32)16-15-18-9-11-20(12-10-18)30(26(33)28-37(34)35)19-7-5-4-6-8-19/h9-14,17,19H,4-8,15-16H2,1-3H3. The van der Waals surface area contributed by atoms with E-state index in [9.17, 15) is 22.8 Å². The third-order valence-corrected chi connectivity index (χ3v) is 7.60. The Labute approximate surface area is 218 Å². The summed E-state index contributed by atoms with van der Waals surface area (Å²) in [5.74, 6) is -0.0541. The van der Waals surface area contributed by atoms with Gasteiger partial charge in [0.1, 0.15) is 5.75 Å². The molecule has 10 heteroatoms. The van der Waals surface area contributed by atoms with Gasteiger partial charge in [0.25, 0.3) is 5.91 Å². The van der Waals surface area contributed by atoms with Crippen LogP contribution in [-0.4, -0.2) is 50.9 Å². The van der Waals surface area contributed by atoms with E-state index in [0.29, 0.717) is 29.0 Å². The first-order chi connectivity index (χ1) is 17.6. The zero-order chi connectivity index (χ0) is 26.7. The Kier molecular flexibility index (Phi) is 7.77. The maximum Gasteiger partial charge on any atom is 0.363 e. The maximum atomic E-state index is 13.2. The molecule has 0 spiro atoms. The van der Waals surface area contributed by atoms with E-state index in [1.54, 1.807) is 30.3 Å². The van der Waals surface area contributed by atoms with Crippen LogP contribution in [0.1, 0.15) is 67.4 Å². The minimum absolute atomic E-state index is 0.109. The summed E-state index contributed by atoms with van der Waals surface area (Å²) in [6.45, 7) is 3.82. The predicted octanol–water partition coefficient (Wildman–Crippen LogP) is 4.52. The van der Waals surface area contributed by atoms with Crippen LogP contribution in [0.15, 0.2) is 46.8 Å². The van der Waals surface area contributed by atoms with Crippen molar-refractivity contribution in [2.45, 2.75) is 63.8 Å².